The Kier molecular flexibility index (Phi) is 4.51. The summed E-state index contributed by atoms with van der Waals surface area (Å²) in [6.07, 6.45) is 0. The Hall–Kier alpha value is -2.97. The fourth-order valence-electron chi connectivity index (χ4n) is 3.15. The van der Waals surface area contributed by atoms with Crippen molar-refractivity contribution in [3.8, 4) is 11.4 Å². The molecule has 1 aliphatic heterocycles. The molecule has 0 amide bonds. The fraction of sp³-hybridized carbons (Fsp3) is 0.105. The van der Waals surface area contributed by atoms with E-state index >= 15 is 0 Å². The summed E-state index contributed by atoms with van der Waals surface area (Å²) in [5.74, 6) is 1.87. The van der Waals surface area contributed by atoms with Crippen LogP contribution in [0.25, 0.3) is 5.69 Å². The Bertz CT molecular complexity index is 1060. The van der Waals surface area contributed by atoms with Crippen LogP contribution < -0.4 is 21.1 Å². The number of ether oxygens (including phenoxy) is 1. The summed E-state index contributed by atoms with van der Waals surface area (Å²) in [6.45, 7) is 0. The van der Waals surface area contributed by atoms with Crippen molar-refractivity contribution in [2.45, 2.75) is 6.04 Å². The van der Waals surface area contributed by atoms with Gasteiger partial charge >= 0.3 is 0 Å². The Labute approximate surface area is 167 Å². The van der Waals surface area contributed by atoms with Crippen molar-refractivity contribution in [2.75, 3.05) is 18.2 Å². The molecular formula is C19H17N5OS2. The van der Waals surface area contributed by atoms with Crippen LogP contribution in [0.1, 0.15) is 17.2 Å². The summed E-state index contributed by atoms with van der Waals surface area (Å²) >= 11 is 10.8. The molecule has 1 atom stereocenters. The van der Waals surface area contributed by atoms with E-state index in [4.69, 9.17) is 34.9 Å². The number of thiocarbonyl (C=S) groups is 1. The number of rotatable bonds is 3. The van der Waals surface area contributed by atoms with Gasteiger partial charge in [-0.2, -0.15) is 0 Å². The van der Waals surface area contributed by atoms with Crippen LogP contribution in [0.2, 0.25) is 0 Å². The standard InChI is InChI=1S/C19H17N5OS2/c1-25-13-9-7-11(8-10-13)15-14-16(20)24(12-5-3-2-4-6-12)19(27)23-17(14)22-18(26)21-15/h2-10,15H,20H2,1H3,(H2,21,22,23,26,27). The molecule has 0 bridgehead atoms. The lowest BCUT2D eigenvalue weighted by Gasteiger charge is -2.31. The minimum atomic E-state index is -0.252. The second-order valence-corrected chi connectivity index (χ2v) is 6.79. The predicted molar refractivity (Wildman–Crippen MR) is 113 cm³/mol. The zero-order valence-corrected chi connectivity index (χ0v) is 16.1. The van der Waals surface area contributed by atoms with Gasteiger partial charge in [0.25, 0.3) is 0 Å². The van der Waals surface area contributed by atoms with Gasteiger partial charge in [-0.3, -0.25) is 4.57 Å². The Morgan fingerprint density at radius 1 is 1.07 bits per heavy atom. The van der Waals surface area contributed by atoms with E-state index in [1.807, 2.05) is 54.6 Å². The number of benzene rings is 2. The third-order valence-electron chi connectivity index (χ3n) is 4.43. The minimum absolute atomic E-state index is 0.252. The van der Waals surface area contributed by atoms with Gasteiger partial charge in [0, 0.05) is 5.69 Å². The maximum Gasteiger partial charge on any atom is 0.207 e. The summed E-state index contributed by atoms with van der Waals surface area (Å²) in [4.78, 5) is 4.55. The van der Waals surface area contributed by atoms with Crippen LogP contribution in [0.15, 0.2) is 54.6 Å². The molecule has 8 heteroatoms. The Morgan fingerprint density at radius 3 is 2.44 bits per heavy atom. The number of nitrogens with zero attached hydrogens (tertiary/aromatic N) is 2. The Balaban J connectivity index is 1.91. The molecule has 0 fully saturated rings. The van der Waals surface area contributed by atoms with Gasteiger partial charge in [-0.05, 0) is 54.3 Å². The number of nitrogens with two attached hydrogens (primary N) is 1. The normalized spacial score (nSPS) is 15.4. The second kappa shape index (κ2) is 6.98. The second-order valence-electron chi connectivity index (χ2n) is 6.02. The smallest absolute Gasteiger partial charge is 0.207 e. The van der Waals surface area contributed by atoms with Crippen LogP contribution in [-0.2, 0) is 0 Å². The largest absolute Gasteiger partial charge is 0.497 e. The number of para-hydroxylation sites is 1. The number of nitrogens with one attached hydrogen (secondary N) is 2. The highest BCUT2D eigenvalue weighted by Gasteiger charge is 2.29. The van der Waals surface area contributed by atoms with Gasteiger partial charge in [-0.15, -0.1) is 0 Å². The highest BCUT2D eigenvalue weighted by molar-refractivity contribution is 7.80. The fourth-order valence-corrected chi connectivity index (χ4v) is 3.66. The molecule has 0 spiro atoms. The number of hydrogen-bond acceptors (Lipinski definition) is 5. The van der Waals surface area contributed by atoms with Crippen molar-refractivity contribution in [3.63, 3.8) is 0 Å². The summed E-state index contributed by atoms with van der Waals surface area (Å²) < 4.78 is 7.38. The lowest BCUT2D eigenvalue weighted by molar-refractivity contribution is 0.414. The van der Waals surface area contributed by atoms with Crippen molar-refractivity contribution in [2.24, 2.45) is 0 Å². The quantitative estimate of drug-likeness (QED) is 0.585. The molecule has 3 aromatic rings. The number of nitrogen functional groups attached to an aromatic ring is 1. The van der Waals surface area contributed by atoms with Crippen molar-refractivity contribution >= 4 is 41.2 Å². The molecule has 0 aliphatic carbocycles. The molecule has 2 aromatic carbocycles. The summed E-state index contributed by atoms with van der Waals surface area (Å²) in [5, 5.41) is 6.82. The molecule has 1 aliphatic rings. The number of aromatic nitrogens is 2. The maximum absolute atomic E-state index is 6.57. The van der Waals surface area contributed by atoms with Crippen LogP contribution in [0.5, 0.6) is 5.75 Å². The first-order valence-electron chi connectivity index (χ1n) is 8.28. The topological polar surface area (TPSA) is 77.1 Å². The van der Waals surface area contributed by atoms with Gasteiger partial charge < -0.3 is 21.1 Å². The molecule has 1 aromatic heterocycles. The van der Waals surface area contributed by atoms with Gasteiger partial charge in [0.1, 0.15) is 17.4 Å². The highest BCUT2D eigenvalue weighted by atomic mass is 32.1. The summed E-state index contributed by atoms with van der Waals surface area (Å²) in [7, 11) is 1.64. The van der Waals surface area contributed by atoms with Gasteiger partial charge in [-0.25, -0.2) is 4.98 Å². The molecule has 1 unspecified atom stereocenters. The van der Waals surface area contributed by atoms with E-state index in [0.717, 1.165) is 22.6 Å². The average Bonchev–Trinajstić information content (AvgIpc) is 2.68. The lowest BCUT2D eigenvalue weighted by Crippen LogP contribution is -2.39. The SMILES string of the molecule is COc1ccc(C2NC(=S)Nc3nc(=S)n(-c4ccccc4)c(N)c32)cc1. The third-order valence-corrected chi connectivity index (χ3v) is 4.92. The van der Waals surface area contributed by atoms with E-state index in [1.54, 1.807) is 11.7 Å². The van der Waals surface area contributed by atoms with Crippen molar-refractivity contribution in [1.82, 2.24) is 14.9 Å². The van der Waals surface area contributed by atoms with Gasteiger partial charge in [-0.1, -0.05) is 30.3 Å². The zero-order valence-electron chi connectivity index (χ0n) is 14.5. The number of methoxy groups -OCH3 is 1. The number of fused-ring (bicyclic) bond motifs is 1. The van der Waals surface area contributed by atoms with Crippen molar-refractivity contribution in [3.05, 3.63) is 70.5 Å². The molecule has 0 saturated heterocycles. The van der Waals surface area contributed by atoms with Gasteiger partial charge in [0.05, 0.1) is 18.7 Å². The third kappa shape index (κ3) is 3.13. The van der Waals surface area contributed by atoms with Crippen molar-refractivity contribution in [1.29, 1.82) is 0 Å². The van der Waals surface area contributed by atoms with Crippen LogP contribution in [0.3, 0.4) is 0 Å². The molecule has 0 radical (unpaired) electrons. The van der Waals surface area contributed by atoms with Gasteiger partial charge in [0.15, 0.2) is 5.11 Å². The molecule has 2 heterocycles. The first-order valence-corrected chi connectivity index (χ1v) is 9.09. The molecule has 4 N–H and O–H groups in total. The molecule has 4 rings (SSSR count). The first kappa shape index (κ1) is 17.4. The van der Waals surface area contributed by atoms with E-state index in [1.165, 1.54) is 0 Å². The zero-order chi connectivity index (χ0) is 19.0. The first-order chi connectivity index (χ1) is 13.1. The van der Waals surface area contributed by atoms with E-state index in [2.05, 4.69) is 15.6 Å². The summed E-state index contributed by atoms with van der Waals surface area (Å²) in [6, 6.07) is 17.2. The van der Waals surface area contributed by atoms with Gasteiger partial charge in [0.2, 0.25) is 4.77 Å². The van der Waals surface area contributed by atoms with E-state index in [0.29, 0.717) is 21.5 Å². The van der Waals surface area contributed by atoms with Crippen LogP contribution in [-0.4, -0.2) is 21.8 Å². The monoisotopic (exact) mass is 395 g/mol. The number of hydrogen-bond donors (Lipinski definition) is 3. The van der Waals surface area contributed by atoms with Crippen LogP contribution in [0, 0.1) is 4.77 Å². The lowest BCUT2D eigenvalue weighted by atomic mass is 9.98. The molecule has 6 nitrogen and oxygen atoms in total. The van der Waals surface area contributed by atoms with E-state index in [9.17, 15) is 0 Å². The predicted octanol–water partition coefficient (Wildman–Crippen LogP) is 3.58. The van der Waals surface area contributed by atoms with Crippen molar-refractivity contribution < 1.29 is 4.74 Å². The average molecular weight is 396 g/mol. The van der Waals surface area contributed by atoms with Crippen LogP contribution >= 0.6 is 24.4 Å². The minimum Gasteiger partial charge on any atom is -0.497 e. The molecule has 27 heavy (non-hydrogen) atoms. The number of anilines is 2. The van der Waals surface area contributed by atoms with E-state index in [-0.39, 0.29) is 6.04 Å². The van der Waals surface area contributed by atoms with E-state index < -0.39 is 0 Å². The molecular weight excluding hydrogens is 378 g/mol. The summed E-state index contributed by atoms with van der Waals surface area (Å²) in [5.41, 5.74) is 9.22. The molecule has 136 valence electrons. The Morgan fingerprint density at radius 2 is 1.78 bits per heavy atom. The molecule has 0 saturated carbocycles. The highest BCUT2D eigenvalue weighted by Crippen LogP contribution is 2.36. The van der Waals surface area contributed by atoms with Crippen LogP contribution in [0.4, 0.5) is 11.6 Å². The maximum atomic E-state index is 6.57.